The summed E-state index contributed by atoms with van der Waals surface area (Å²) in [4.78, 5) is 15.5. The number of carbonyl (C=O) groups is 1. The van der Waals surface area contributed by atoms with Gasteiger partial charge in [-0.1, -0.05) is 29.3 Å². The molecule has 1 aromatic heterocycles. The quantitative estimate of drug-likeness (QED) is 0.884. The zero-order valence-corrected chi connectivity index (χ0v) is 13.4. The Morgan fingerprint density at radius 3 is 2.41 bits per heavy atom. The van der Waals surface area contributed by atoms with E-state index in [9.17, 15) is 4.79 Å². The minimum Gasteiger partial charge on any atom is -0.481 e. The number of hydrogen-bond acceptors (Lipinski definition) is 2. The van der Waals surface area contributed by atoms with Crippen molar-refractivity contribution in [1.82, 2.24) is 9.55 Å². The molecule has 22 heavy (non-hydrogen) atoms. The first-order valence-electron chi connectivity index (χ1n) is 7.28. The molecule has 6 heteroatoms. The average Bonchev–Trinajstić information content (AvgIpc) is 2.96. The monoisotopic (exact) mass is 338 g/mol. The van der Waals surface area contributed by atoms with Crippen LogP contribution < -0.4 is 0 Å². The first-order valence-corrected chi connectivity index (χ1v) is 8.03. The van der Waals surface area contributed by atoms with E-state index in [0.717, 1.165) is 24.2 Å². The number of benzene rings is 1. The van der Waals surface area contributed by atoms with E-state index in [-0.39, 0.29) is 12.0 Å². The van der Waals surface area contributed by atoms with Gasteiger partial charge in [-0.2, -0.15) is 0 Å². The van der Waals surface area contributed by atoms with Crippen LogP contribution in [-0.4, -0.2) is 20.6 Å². The summed E-state index contributed by atoms with van der Waals surface area (Å²) in [5.41, 5.74) is 0.733. The van der Waals surface area contributed by atoms with Gasteiger partial charge in [0.25, 0.3) is 0 Å². The first-order chi connectivity index (χ1) is 10.6. The fourth-order valence-corrected chi connectivity index (χ4v) is 3.68. The summed E-state index contributed by atoms with van der Waals surface area (Å²) < 4.78 is 2.07. The van der Waals surface area contributed by atoms with Crippen molar-refractivity contribution >= 4 is 29.2 Å². The molecule has 0 radical (unpaired) electrons. The van der Waals surface area contributed by atoms with Crippen LogP contribution in [0.1, 0.15) is 31.7 Å². The number of halogens is 2. The largest absolute Gasteiger partial charge is 0.481 e. The summed E-state index contributed by atoms with van der Waals surface area (Å²) in [6.45, 7) is 0. The van der Waals surface area contributed by atoms with Crippen LogP contribution in [0.25, 0.3) is 11.4 Å². The molecule has 0 amide bonds. The van der Waals surface area contributed by atoms with Gasteiger partial charge in [-0.25, -0.2) is 4.98 Å². The van der Waals surface area contributed by atoms with E-state index in [4.69, 9.17) is 28.3 Å². The second-order valence-electron chi connectivity index (χ2n) is 5.60. The van der Waals surface area contributed by atoms with E-state index in [1.54, 1.807) is 24.4 Å². The third-order valence-electron chi connectivity index (χ3n) is 4.29. The van der Waals surface area contributed by atoms with Crippen molar-refractivity contribution in [1.29, 1.82) is 0 Å². The number of carboxylic acid groups (broad SMARTS) is 1. The maximum absolute atomic E-state index is 11.1. The predicted molar refractivity (Wildman–Crippen MR) is 86.3 cm³/mol. The number of rotatable bonds is 3. The van der Waals surface area contributed by atoms with E-state index in [1.807, 2.05) is 6.20 Å². The van der Waals surface area contributed by atoms with Gasteiger partial charge < -0.3 is 9.67 Å². The minimum atomic E-state index is -0.696. The predicted octanol–water partition coefficient (Wildman–Crippen LogP) is 4.67. The van der Waals surface area contributed by atoms with E-state index in [2.05, 4.69) is 9.55 Å². The topological polar surface area (TPSA) is 55.1 Å². The Labute approximate surface area is 138 Å². The zero-order valence-electron chi connectivity index (χ0n) is 11.9. The van der Waals surface area contributed by atoms with Crippen LogP contribution in [0.5, 0.6) is 0 Å². The maximum atomic E-state index is 11.1. The summed E-state index contributed by atoms with van der Waals surface area (Å²) in [6.07, 6.45) is 6.67. The van der Waals surface area contributed by atoms with E-state index in [0.29, 0.717) is 22.9 Å². The molecule has 0 bridgehead atoms. The van der Waals surface area contributed by atoms with Crippen LogP contribution in [0.4, 0.5) is 0 Å². The summed E-state index contributed by atoms with van der Waals surface area (Å²) in [5, 5.41) is 10.2. The second kappa shape index (κ2) is 6.31. The fraction of sp³-hybridized carbons (Fsp3) is 0.375. The van der Waals surface area contributed by atoms with Crippen molar-refractivity contribution in [2.75, 3.05) is 0 Å². The standard InChI is InChI=1S/C16H16Cl2N2O2/c17-12-2-1-3-13(18)14(12)15-19-8-9-20(15)11-6-4-10(5-7-11)16(21)22/h1-3,8-11H,4-7H2,(H,21,22). The van der Waals surface area contributed by atoms with Crippen molar-refractivity contribution in [3.05, 3.63) is 40.6 Å². The van der Waals surface area contributed by atoms with Crippen LogP contribution in [0.3, 0.4) is 0 Å². The van der Waals surface area contributed by atoms with Crippen molar-refractivity contribution in [2.45, 2.75) is 31.7 Å². The van der Waals surface area contributed by atoms with Crippen molar-refractivity contribution < 1.29 is 9.90 Å². The molecular weight excluding hydrogens is 323 g/mol. The lowest BCUT2D eigenvalue weighted by Gasteiger charge is -2.28. The SMILES string of the molecule is O=C(O)C1CCC(n2ccnc2-c2c(Cl)cccc2Cl)CC1. The van der Waals surface area contributed by atoms with Crippen LogP contribution in [-0.2, 0) is 4.79 Å². The number of imidazole rings is 1. The number of hydrogen-bond donors (Lipinski definition) is 1. The highest BCUT2D eigenvalue weighted by atomic mass is 35.5. The second-order valence-corrected chi connectivity index (χ2v) is 6.41. The molecule has 0 atom stereocenters. The molecule has 1 saturated carbocycles. The molecule has 1 aromatic carbocycles. The van der Waals surface area contributed by atoms with Crippen molar-refractivity contribution in [3.8, 4) is 11.4 Å². The van der Waals surface area contributed by atoms with Crippen LogP contribution in [0.15, 0.2) is 30.6 Å². The number of aromatic nitrogens is 2. The highest BCUT2D eigenvalue weighted by Crippen LogP contribution is 2.38. The van der Waals surface area contributed by atoms with Crippen LogP contribution in [0, 0.1) is 5.92 Å². The lowest BCUT2D eigenvalue weighted by molar-refractivity contribution is -0.143. The number of aliphatic carboxylic acids is 1. The van der Waals surface area contributed by atoms with Crippen LogP contribution >= 0.6 is 23.2 Å². The molecule has 1 N–H and O–H groups in total. The molecule has 116 valence electrons. The van der Waals surface area contributed by atoms with Gasteiger partial charge in [0.1, 0.15) is 5.82 Å². The van der Waals surface area contributed by atoms with Crippen molar-refractivity contribution in [3.63, 3.8) is 0 Å². The first kappa shape index (κ1) is 15.4. The lowest BCUT2D eigenvalue weighted by Crippen LogP contribution is -2.23. The Hall–Kier alpha value is -1.52. The van der Waals surface area contributed by atoms with Crippen molar-refractivity contribution in [2.24, 2.45) is 5.92 Å². The normalized spacial score (nSPS) is 21.7. The minimum absolute atomic E-state index is 0.230. The molecule has 3 rings (SSSR count). The number of carboxylic acids is 1. The Balaban J connectivity index is 1.89. The third kappa shape index (κ3) is 2.85. The highest BCUT2D eigenvalue weighted by Gasteiger charge is 2.28. The Bertz CT molecular complexity index is 671. The molecule has 1 aliphatic rings. The van der Waals surface area contributed by atoms with Gasteiger partial charge >= 0.3 is 5.97 Å². The summed E-state index contributed by atoms with van der Waals surface area (Å²) in [5.74, 6) is -0.181. The van der Waals surface area contributed by atoms with Crippen LogP contribution in [0.2, 0.25) is 10.0 Å². The van der Waals surface area contributed by atoms with Gasteiger partial charge in [-0.3, -0.25) is 4.79 Å². The lowest BCUT2D eigenvalue weighted by atomic mass is 9.86. The summed E-state index contributed by atoms with van der Waals surface area (Å²) in [6, 6.07) is 5.63. The Morgan fingerprint density at radius 1 is 1.18 bits per heavy atom. The highest BCUT2D eigenvalue weighted by molar-refractivity contribution is 6.39. The van der Waals surface area contributed by atoms with Gasteiger partial charge in [-0.15, -0.1) is 0 Å². The summed E-state index contributed by atoms with van der Waals surface area (Å²) in [7, 11) is 0. The van der Waals surface area contributed by atoms with Gasteiger partial charge in [0.15, 0.2) is 0 Å². The Morgan fingerprint density at radius 2 is 1.82 bits per heavy atom. The molecule has 1 aliphatic carbocycles. The average molecular weight is 339 g/mol. The number of nitrogens with zero attached hydrogens (tertiary/aromatic N) is 2. The van der Waals surface area contributed by atoms with E-state index in [1.165, 1.54) is 0 Å². The molecule has 0 saturated heterocycles. The van der Waals surface area contributed by atoms with Gasteiger partial charge in [0, 0.05) is 18.4 Å². The Kier molecular flexibility index (Phi) is 4.41. The van der Waals surface area contributed by atoms with Gasteiger partial charge in [0.05, 0.1) is 21.5 Å². The fourth-order valence-electron chi connectivity index (χ4n) is 3.11. The summed E-state index contributed by atoms with van der Waals surface area (Å²) >= 11 is 12.6. The van der Waals surface area contributed by atoms with Gasteiger partial charge in [0.2, 0.25) is 0 Å². The maximum Gasteiger partial charge on any atom is 0.306 e. The zero-order chi connectivity index (χ0) is 15.7. The van der Waals surface area contributed by atoms with E-state index < -0.39 is 5.97 Å². The van der Waals surface area contributed by atoms with Gasteiger partial charge in [-0.05, 0) is 37.8 Å². The van der Waals surface area contributed by atoms with E-state index >= 15 is 0 Å². The molecule has 1 fully saturated rings. The molecule has 4 nitrogen and oxygen atoms in total. The molecule has 2 aromatic rings. The third-order valence-corrected chi connectivity index (χ3v) is 4.92. The molecule has 0 aliphatic heterocycles. The molecule has 1 heterocycles. The molecular formula is C16H16Cl2N2O2. The smallest absolute Gasteiger partial charge is 0.306 e. The molecule has 0 unspecified atom stereocenters. The molecule has 0 spiro atoms.